The summed E-state index contributed by atoms with van der Waals surface area (Å²) in [6.07, 6.45) is 0.584. The topological polar surface area (TPSA) is 54.4 Å². The summed E-state index contributed by atoms with van der Waals surface area (Å²) in [5, 5.41) is 9.96. The average molecular weight is 276 g/mol. The maximum atomic E-state index is 12.8. The first-order valence-electron chi connectivity index (χ1n) is 6.51. The van der Waals surface area contributed by atoms with Gasteiger partial charge < -0.3 is 5.11 Å². The highest BCUT2D eigenvalue weighted by atomic mass is 19.1. The van der Waals surface area contributed by atoms with E-state index in [-0.39, 0.29) is 34.7 Å². The van der Waals surface area contributed by atoms with Gasteiger partial charge in [-0.05, 0) is 29.7 Å². The molecule has 0 radical (unpaired) electrons. The second kappa shape index (κ2) is 5.19. The van der Waals surface area contributed by atoms with Gasteiger partial charge in [-0.1, -0.05) is 13.8 Å². The first kappa shape index (κ1) is 14.4. The lowest BCUT2D eigenvalue weighted by Crippen LogP contribution is -2.26. The number of Topliss-reactive ketones (excluding diaryl/α,β-unsaturated/α-hetero) is 2. The Morgan fingerprint density at radius 1 is 1.25 bits per heavy atom. The first-order chi connectivity index (χ1) is 9.28. The number of ketones is 2. The molecule has 1 N–H and O–H groups in total. The van der Waals surface area contributed by atoms with Crippen LogP contribution in [0.2, 0.25) is 0 Å². The molecule has 1 aromatic rings. The van der Waals surface area contributed by atoms with E-state index in [0.29, 0.717) is 18.4 Å². The van der Waals surface area contributed by atoms with E-state index in [0.717, 1.165) is 0 Å². The Bertz CT molecular complexity index is 582. The number of hydrogen-bond donors (Lipinski definition) is 1. The summed E-state index contributed by atoms with van der Waals surface area (Å²) in [4.78, 5) is 24.1. The summed E-state index contributed by atoms with van der Waals surface area (Å²) >= 11 is 0. The standard InChI is InChI=1S/C16H17FO3/c1-16(2)8-14(19)12(15(20)9-16)7-13(18)10-3-5-11(17)6-4-10/h3-6,19H,7-9H2,1-2H3. The van der Waals surface area contributed by atoms with E-state index < -0.39 is 5.82 Å². The Labute approximate surface area is 117 Å². The van der Waals surface area contributed by atoms with Crippen molar-refractivity contribution in [3.63, 3.8) is 0 Å². The van der Waals surface area contributed by atoms with Crippen LogP contribution in [-0.2, 0) is 4.79 Å². The monoisotopic (exact) mass is 276 g/mol. The molecule has 0 aromatic heterocycles. The Balaban J connectivity index is 2.19. The summed E-state index contributed by atoms with van der Waals surface area (Å²) in [5.41, 5.74) is 0.256. The van der Waals surface area contributed by atoms with Crippen molar-refractivity contribution in [1.29, 1.82) is 0 Å². The van der Waals surface area contributed by atoms with Crippen LogP contribution in [0.4, 0.5) is 4.39 Å². The van der Waals surface area contributed by atoms with Crippen molar-refractivity contribution in [3.8, 4) is 0 Å². The van der Waals surface area contributed by atoms with Crippen molar-refractivity contribution < 1.29 is 19.1 Å². The second-order valence-electron chi connectivity index (χ2n) is 5.97. The van der Waals surface area contributed by atoms with Crippen molar-refractivity contribution in [3.05, 3.63) is 47.0 Å². The third-order valence-electron chi connectivity index (χ3n) is 3.47. The van der Waals surface area contributed by atoms with Gasteiger partial charge in [0.05, 0.1) is 5.76 Å². The molecule has 0 atom stereocenters. The zero-order chi connectivity index (χ0) is 14.9. The summed E-state index contributed by atoms with van der Waals surface area (Å²) in [6, 6.07) is 5.17. The van der Waals surface area contributed by atoms with Crippen molar-refractivity contribution in [2.45, 2.75) is 33.1 Å². The van der Waals surface area contributed by atoms with E-state index in [2.05, 4.69) is 0 Å². The highest BCUT2D eigenvalue weighted by Crippen LogP contribution is 2.36. The van der Waals surface area contributed by atoms with Crippen LogP contribution in [-0.4, -0.2) is 16.7 Å². The lowest BCUT2D eigenvalue weighted by Gasteiger charge is -2.29. The third kappa shape index (κ3) is 3.13. The van der Waals surface area contributed by atoms with Gasteiger partial charge in [-0.2, -0.15) is 0 Å². The van der Waals surface area contributed by atoms with Gasteiger partial charge in [0.25, 0.3) is 0 Å². The van der Waals surface area contributed by atoms with Crippen molar-refractivity contribution in [2.24, 2.45) is 5.41 Å². The van der Waals surface area contributed by atoms with Gasteiger partial charge in [0.2, 0.25) is 0 Å². The molecule has 1 aromatic carbocycles. The predicted octanol–water partition coefficient (Wildman–Crippen LogP) is 3.60. The summed E-state index contributed by atoms with van der Waals surface area (Å²) < 4.78 is 12.8. The van der Waals surface area contributed by atoms with Gasteiger partial charge in [0.15, 0.2) is 11.6 Å². The number of aliphatic hydroxyl groups is 1. The molecular formula is C16H17FO3. The van der Waals surface area contributed by atoms with E-state index in [1.54, 1.807) is 0 Å². The fourth-order valence-electron chi connectivity index (χ4n) is 2.42. The van der Waals surface area contributed by atoms with E-state index in [9.17, 15) is 19.1 Å². The highest BCUT2D eigenvalue weighted by molar-refractivity contribution is 6.06. The molecule has 0 heterocycles. The number of hydrogen-bond acceptors (Lipinski definition) is 3. The fraction of sp³-hybridized carbons (Fsp3) is 0.375. The number of carbonyl (C=O) groups excluding carboxylic acids is 2. The molecule has 0 bridgehead atoms. The lowest BCUT2D eigenvalue weighted by molar-refractivity contribution is -0.118. The van der Waals surface area contributed by atoms with E-state index in [1.165, 1.54) is 24.3 Å². The van der Waals surface area contributed by atoms with E-state index in [4.69, 9.17) is 0 Å². The van der Waals surface area contributed by atoms with E-state index >= 15 is 0 Å². The SMILES string of the molecule is CC1(C)CC(=O)C(CC(=O)c2ccc(F)cc2)=C(O)C1. The molecule has 4 heteroatoms. The molecule has 0 saturated carbocycles. The van der Waals surface area contributed by atoms with Crippen LogP contribution in [0.3, 0.4) is 0 Å². The number of aliphatic hydroxyl groups excluding tert-OH is 1. The largest absolute Gasteiger partial charge is 0.512 e. The van der Waals surface area contributed by atoms with Gasteiger partial charge in [-0.15, -0.1) is 0 Å². The molecule has 1 aliphatic carbocycles. The van der Waals surface area contributed by atoms with Crippen LogP contribution in [0.15, 0.2) is 35.6 Å². The number of halogens is 1. The van der Waals surface area contributed by atoms with Crippen molar-refractivity contribution >= 4 is 11.6 Å². The van der Waals surface area contributed by atoms with Crippen LogP contribution in [0.1, 0.15) is 43.5 Å². The second-order valence-corrected chi connectivity index (χ2v) is 5.97. The average Bonchev–Trinajstić information content (AvgIpc) is 2.33. The van der Waals surface area contributed by atoms with Crippen LogP contribution in [0.25, 0.3) is 0 Å². The molecule has 1 aliphatic rings. The maximum Gasteiger partial charge on any atom is 0.167 e. The van der Waals surface area contributed by atoms with Gasteiger partial charge in [-0.25, -0.2) is 4.39 Å². The summed E-state index contributed by atoms with van der Waals surface area (Å²) in [7, 11) is 0. The normalized spacial score (nSPS) is 18.2. The molecule has 0 unspecified atom stereocenters. The van der Waals surface area contributed by atoms with E-state index in [1.807, 2.05) is 13.8 Å². The van der Waals surface area contributed by atoms with Crippen molar-refractivity contribution in [1.82, 2.24) is 0 Å². The summed E-state index contributed by atoms with van der Waals surface area (Å²) in [6.45, 7) is 3.80. The molecule has 20 heavy (non-hydrogen) atoms. The van der Waals surface area contributed by atoms with Crippen LogP contribution < -0.4 is 0 Å². The van der Waals surface area contributed by atoms with Gasteiger partial charge in [-0.3, -0.25) is 9.59 Å². The first-order valence-corrected chi connectivity index (χ1v) is 6.51. The number of carbonyl (C=O) groups is 2. The molecule has 0 aliphatic heterocycles. The molecule has 0 spiro atoms. The molecular weight excluding hydrogens is 259 g/mol. The van der Waals surface area contributed by atoms with Gasteiger partial charge in [0.1, 0.15) is 5.82 Å². The zero-order valence-corrected chi connectivity index (χ0v) is 11.6. The van der Waals surface area contributed by atoms with Gasteiger partial charge >= 0.3 is 0 Å². The maximum absolute atomic E-state index is 12.8. The Morgan fingerprint density at radius 3 is 2.40 bits per heavy atom. The zero-order valence-electron chi connectivity index (χ0n) is 11.6. The minimum absolute atomic E-state index is 0.00158. The Hall–Kier alpha value is -1.97. The lowest BCUT2D eigenvalue weighted by atomic mass is 9.75. The highest BCUT2D eigenvalue weighted by Gasteiger charge is 2.33. The van der Waals surface area contributed by atoms with Crippen LogP contribution in [0, 0.1) is 11.2 Å². The van der Waals surface area contributed by atoms with Crippen molar-refractivity contribution in [2.75, 3.05) is 0 Å². The third-order valence-corrected chi connectivity index (χ3v) is 3.47. The molecule has 0 saturated heterocycles. The number of benzene rings is 1. The Kier molecular flexibility index (Phi) is 3.75. The molecule has 106 valence electrons. The Morgan fingerprint density at radius 2 is 1.85 bits per heavy atom. The van der Waals surface area contributed by atoms with Gasteiger partial charge in [0, 0.05) is 30.4 Å². The molecule has 0 amide bonds. The number of allylic oxidation sites excluding steroid dienone is 2. The molecule has 3 nitrogen and oxygen atoms in total. The predicted molar refractivity (Wildman–Crippen MR) is 73.0 cm³/mol. The quantitative estimate of drug-likeness (QED) is 0.858. The minimum atomic E-state index is -0.417. The fourth-order valence-corrected chi connectivity index (χ4v) is 2.42. The number of rotatable bonds is 3. The summed E-state index contributed by atoms with van der Waals surface area (Å²) in [5.74, 6) is -0.894. The van der Waals surface area contributed by atoms with Crippen LogP contribution in [0.5, 0.6) is 0 Å². The smallest absolute Gasteiger partial charge is 0.167 e. The minimum Gasteiger partial charge on any atom is -0.512 e. The molecule has 2 rings (SSSR count). The van der Waals surface area contributed by atoms with Crippen LogP contribution >= 0.6 is 0 Å². The molecule has 0 fully saturated rings.